The van der Waals surface area contributed by atoms with E-state index in [2.05, 4.69) is 0 Å². The molecule has 0 N–H and O–H groups in total. The van der Waals surface area contributed by atoms with E-state index in [1.807, 2.05) is 60.7 Å². The van der Waals surface area contributed by atoms with Crippen LogP contribution in [0.5, 0.6) is 11.5 Å². The van der Waals surface area contributed by atoms with Crippen LogP contribution >= 0.6 is 15.6 Å². The van der Waals surface area contributed by atoms with Crippen LogP contribution in [0.25, 0.3) is 32.7 Å². The zero-order valence-electron chi connectivity index (χ0n) is 21.9. The summed E-state index contributed by atoms with van der Waals surface area (Å²) in [5, 5.41) is 3.42. The molecule has 0 amide bonds. The molecule has 0 aliphatic heterocycles. The van der Waals surface area contributed by atoms with Gasteiger partial charge in [-0.1, -0.05) is 60.7 Å². The Hall–Kier alpha value is -2.70. The van der Waals surface area contributed by atoms with Crippen molar-refractivity contribution >= 4 is 37.2 Å². The lowest BCUT2D eigenvalue weighted by molar-refractivity contribution is 0.166. The first-order valence-corrected chi connectivity index (χ1v) is 15.5. The molecule has 0 radical (unpaired) electrons. The molecule has 0 fully saturated rings. The molecule has 0 saturated heterocycles. The van der Waals surface area contributed by atoms with Crippen LogP contribution in [0.4, 0.5) is 0 Å². The molecule has 4 rings (SSSR count). The van der Waals surface area contributed by atoms with Gasteiger partial charge in [-0.25, -0.2) is 9.13 Å². The summed E-state index contributed by atoms with van der Waals surface area (Å²) in [5.41, 5.74) is 1.16. The van der Waals surface area contributed by atoms with Gasteiger partial charge in [0.15, 0.2) is 0 Å². The molecule has 0 aromatic heterocycles. The standard InChI is InChI=1S/C28H32O8P2/c1-5-31-37(29,32-6-2)35-25-19-17-21-13-9-11-15-23(21)27(25)28-24-16-12-10-14-22(24)18-20-26(28)36-38(30,33-7-3)34-8-4/h9-20H,5-8H2,1-4H3. The van der Waals surface area contributed by atoms with Gasteiger partial charge in [-0.3, -0.25) is 18.1 Å². The van der Waals surface area contributed by atoms with Crippen LogP contribution in [-0.4, -0.2) is 26.4 Å². The molecule has 8 nitrogen and oxygen atoms in total. The number of phosphoric acid groups is 2. The normalized spacial score (nSPS) is 12.2. The SMILES string of the molecule is CCOP(=O)(OCC)Oc1ccc2ccccc2c1-c1c(OP(=O)(OCC)OCC)ccc2ccccc12. The van der Waals surface area contributed by atoms with Crippen LogP contribution in [0.2, 0.25) is 0 Å². The first kappa shape index (κ1) is 28.3. The molecule has 202 valence electrons. The summed E-state index contributed by atoms with van der Waals surface area (Å²) < 4.78 is 60.7. The highest BCUT2D eigenvalue weighted by Crippen LogP contribution is 2.57. The van der Waals surface area contributed by atoms with Gasteiger partial charge in [-0.2, -0.15) is 0 Å². The molecule has 0 unspecified atom stereocenters. The number of hydrogen-bond donors (Lipinski definition) is 0. The van der Waals surface area contributed by atoms with E-state index in [0.29, 0.717) is 11.1 Å². The average molecular weight is 559 g/mol. The summed E-state index contributed by atoms with van der Waals surface area (Å²) in [4.78, 5) is 0. The topological polar surface area (TPSA) is 89.5 Å². The quantitative estimate of drug-likeness (QED) is 0.150. The van der Waals surface area contributed by atoms with Crippen molar-refractivity contribution in [3.8, 4) is 22.6 Å². The lowest BCUT2D eigenvalue weighted by atomic mass is 9.92. The van der Waals surface area contributed by atoms with E-state index in [9.17, 15) is 9.13 Å². The molecule has 0 atom stereocenters. The molecule has 0 spiro atoms. The lowest BCUT2D eigenvalue weighted by Gasteiger charge is -2.23. The Kier molecular flexibility index (Phi) is 9.27. The summed E-state index contributed by atoms with van der Waals surface area (Å²) in [6.07, 6.45) is 0. The smallest absolute Gasteiger partial charge is 0.403 e. The Balaban J connectivity index is 2.04. The van der Waals surface area contributed by atoms with E-state index >= 15 is 0 Å². The minimum absolute atomic E-state index is 0.134. The van der Waals surface area contributed by atoms with E-state index in [-0.39, 0.29) is 37.9 Å². The highest BCUT2D eigenvalue weighted by molar-refractivity contribution is 7.49. The van der Waals surface area contributed by atoms with Gasteiger partial charge in [0.25, 0.3) is 0 Å². The Morgan fingerprint density at radius 2 is 0.842 bits per heavy atom. The summed E-state index contributed by atoms with van der Waals surface area (Å²) in [5.74, 6) is 0.524. The van der Waals surface area contributed by atoms with E-state index < -0.39 is 15.6 Å². The zero-order valence-corrected chi connectivity index (χ0v) is 23.7. The van der Waals surface area contributed by atoms with Gasteiger partial charge in [-0.15, -0.1) is 0 Å². The zero-order chi connectivity index (χ0) is 27.2. The number of fused-ring (bicyclic) bond motifs is 2. The molecule has 0 aliphatic carbocycles. The Morgan fingerprint density at radius 1 is 0.500 bits per heavy atom. The van der Waals surface area contributed by atoms with Crippen molar-refractivity contribution in [1.82, 2.24) is 0 Å². The van der Waals surface area contributed by atoms with Gasteiger partial charge >= 0.3 is 15.6 Å². The third-order valence-electron chi connectivity index (χ3n) is 5.60. The van der Waals surface area contributed by atoms with Crippen LogP contribution < -0.4 is 9.05 Å². The highest BCUT2D eigenvalue weighted by Gasteiger charge is 2.33. The largest absolute Gasteiger partial charge is 0.530 e. The maximum absolute atomic E-state index is 13.5. The van der Waals surface area contributed by atoms with Crippen molar-refractivity contribution in [3.63, 3.8) is 0 Å². The van der Waals surface area contributed by atoms with Crippen LogP contribution in [-0.2, 0) is 27.2 Å². The molecular formula is C28H32O8P2. The first-order valence-electron chi connectivity index (χ1n) is 12.6. The fourth-order valence-corrected chi connectivity index (χ4v) is 6.64. The summed E-state index contributed by atoms with van der Waals surface area (Å²) in [7, 11) is -7.90. The van der Waals surface area contributed by atoms with Gasteiger partial charge in [0.05, 0.1) is 26.4 Å². The molecule has 10 heteroatoms. The molecular weight excluding hydrogens is 526 g/mol. The van der Waals surface area contributed by atoms with Crippen molar-refractivity contribution in [1.29, 1.82) is 0 Å². The predicted octanol–water partition coefficient (Wildman–Crippen LogP) is 8.78. The summed E-state index contributed by atoms with van der Waals surface area (Å²) in [6.45, 7) is 7.39. The van der Waals surface area contributed by atoms with Crippen molar-refractivity contribution in [3.05, 3.63) is 72.8 Å². The van der Waals surface area contributed by atoms with Crippen LogP contribution in [0, 0.1) is 0 Å². The van der Waals surface area contributed by atoms with E-state index in [1.54, 1.807) is 39.8 Å². The number of rotatable bonds is 13. The maximum Gasteiger partial charge on any atom is 0.530 e. The second-order valence-corrected chi connectivity index (χ2v) is 11.3. The van der Waals surface area contributed by atoms with Crippen LogP contribution in [0.15, 0.2) is 72.8 Å². The fraction of sp³-hybridized carbons (Fsp3) is 0.286. The molecule has 0 aliphatic rings. The van der Waals surface area contributed by atoms with Crippen LogP contribution in [0.3, 0.4) is 0 Å². The Bertz CT molecular complexity index is 1370. The Labute approximate surface area is 223 Å². The van der Waals surface area contributed by atoms with E-state index in [1.165, 1.54) is 0 Å². The predicted molar refractivity (Wildman–Crippen MR) is 150 cm³/mol. The second kappa shape index (κ2) is 12.4. The fourth-order valence-electron chi connectivity index (χ4n) is 4.22. The second-order valence-electron chi connectivity index (χ2n) is 8.07. The molecule has 0 heterocycles. The minimum atomic E-state index is -3.95. The molecule has 0 bridgehead atoms. The molecule has 4 aromatic carbocycles. The number of phosphoric ester groups is 2. The van der Waals surface area contributed by atoms with E-state index in [4.69, 9.17) is 27.1 Å². The van der Waals surface area contributed by atoms with Crippen molar-refractivity contribution in [2.45, 2.75) is 27.7 Å². The van der Waals surface area contributed by atoms with Crippen molar-refractivity contribution in [2.75, 3.05) is 26.4 Å². The third-order valence-corrected chi connectivity index (χ3v) is 8.74. The number of benzene rings is 4. The first-order chi connectivity index (χ1) is 18.4. The third kappa shape index (κ3) is 6.13. The minimum Gasteiger partial charge on any atom is -0.403 e. The molecule has 38 heavy (non-hydrogen) atoms. The van der Waals surface area contributed by atoms with Crippen molar-refractivity contribution in [2.24, 2.45) is 0 Å². The summed E-state index contributed by atoms with van der Waals surface area (Å²) >= 11 is 0. The molecule has 4 aromatic rings. The average Bonchev–Trinajstić information content (AvgIpc) is 2.89. The molecule has 0 saturated carbocycles. The van der Waals surface area contributed by atoms with E-state index in [0.717, 1.165) is 21.5 Å². The van der Waals surface area contributed by atoms with Gasteiger partial charge < -0.3 is 9.05 Å². The monoisotopic (exact) mass is 558 g/mol. The lowest BCUT2D eigenvalue weighted by Crippen LogP contribution is -2.05. The van der Waals surface area contributed by atoms with Gasteiger partial charge in [0.1, 0.15) is 11.5 Å². The highest BCUT2D eigenvalue weighted by atomic mass is 31.2. The summed E-state index contributed by atoms with van der Waals surface area (Å²) in [6, 6.07) is 22.6. The van der Waals surface area contributed by atoms with Gasteiger partial charge in [0.2, 0.25) is 0 Å². The maximum atomic E-state index is 13.5. The van der Waals surface area contributed by atoms with Crippen LogP contribution in [0.1, 0.15) is 27.7 Å². The van der Waals surface area contributed by atoms with Crippen molar-refractivity contribution < 1.29 is 36.3 Å². The Morgan fingerprint density at radius 3 is 1.18 bits per heavy atom. The number of hydrogen-bond acceptors (Lipinski definition) is 8. The van der Waals surface area contributed by atoms with Gasteiger partial charge in [0, 0.05) is 11.1 Å². The van der Waals surface area contributed by atoms with Gasteiger partial charge in [-0.05, 0) is 61.4 Å².